The predicted molar refractivity (Wildman–Crippen MR) is 147 cm³/mol. The SMILES string of the molecule is COc1ccc(C2(C(=O)N[C@@H](Cc3ccc(NC(=O)c4ccc(F)cc4C(F)(F)F)cc3)C(=O)O)CCCCC2)cc1. The summed E-state index contributed by atoms with van der Waals surface area (Å²) in [5, 5.41) is 15.0. The number of rotatable bonds is 9. The van der Waals surface area contributed by atoms with Crippen molar-refractivity contribution in [1.82, 2.24) is 5.32 Å². The van der Waals surface area contributed by atoms with Crippen LogP contribution in [0.4, 0.5) is 23.2 Å². The van der Waals surface area contributed by atoms with E-state index in [1.807, 2.05) is 12.1 Å². The number of carbonyl (C=O) groups is 3. The second kappa shape index (κ2) is 12.6. The monoisotopic (exact) mass is 586 g/mol. The summed E-state index contributed by atoms with van der Waals surface area (Å²) >= 11 is 0. The van der Waals surface area contributed by atoms with Gasteiger partial charge in [-0.25, -0.2) is 9.18 Å². The van der Waals surface area contributed by atoms with Crippen molar-refractivity contribution in [2.75, 3.05) is 12.4 Å². The zero-order chi connectivity index (χ0) is 30.5. The molecule has 0 unspecified atom stereocenters. The van der Waals surface area contributed by atoms with Gasteiger partial charge in [0.15, 0.2) is 0 Å². The second-order valence-corrected chi connectivity index (χ2v) is 10.3. The standard InChI is InChI=1S/C31H30F4N2O5/c1-42-23-12-7-20(8-13-23)30(15-3-2-4-16-30)29(41)37-26(28(39)40)17-19-5-10-22(11-6-19)36-27(38)24-14-9-21(32)18-25(24)31(33,34)35/h5-14,18,26H,2-4,15-17H2,1H3,(H,36,38)(H,37,41)(H,39,40)/t26-/m0/s1. The van der Waals surface area contributed by atoms with Gasteiger partial charge in [-0.15, -0.1) is 0 Å². The number of hydrogen-bond acceptors (Lipinski definition) is 4. The van der Waals surface area contributed by atoms with Gasteiger partial charge in [0.25, 0.3) is 5.91 Å². The Morgan fingerprint density at radius 2 is 1.60 bits per heavy atom. The predicted octanol–water partition coefficient (Wildman–Crippen LogP) is 6.12. The highest BCUT2D eigenvalue weighted by atomic mass is 19.4. The van der Waals surface area contributed by atoms with E-state index in [9.17, 15) is 37.1 Å². The minimum atomic E-state index is -4.93. The van der Waals surface area contributed by atoms with Crippen LogP contribution in [0.3, 0.4) is 0 Å². The van der Waals surface area contributed by atoms with Crippen molar-refractivity contribution in [1.29, 1.82) is 0 Å². The lowest BCUT2D eigenvalue weighted by Gasteiger charge is -2.37. The van der Waals surface area contributed by atoms with Gasteiger partial charge in [-0.1, -0.05) is 43.5 Å². The van der Waals surface area contributed by atoms with Crippen molar-refractivity contribution >= 4 is 23.5 Å². The summed E-state index contributed by atoms with van der Waals surface area (Å²) in [4.78, 5) is 38.3. The maximum atomic E-state index is 13.7. The van der Waals surface area contributed by atoms with Gasteiger partial charge in [-0.05, 0) is 66.4 Å². The fraction of sp³-hybridized carbons (Fsp3) is 0.323. The highest BCUT2D eigenvalue weighted by Gasteiger charge is 2.42. The minimum absolute atomic E-state index is 0.0653. The van der Waals surface area contributed by atoms with E-state index in [0.29, 0.717) is 24.2 Å². The van der Waals surface area contributed by atoms with Gasteiger partial charge in [0, 0.05) is 12.1 Å². The summed E-state index contributed by atoms with van der Waals surface area (Å²) in [6.45, 7) is 0. The van der Waals surface area contributed by atoms with Crippen LogP contribution in [0.15, 0.2) is 66.7 Å². The van der Waals surface area contributed by atoms with Gasteiger partial charge < -0.3 is 20.5 Å². The number of alkyl halides is 3. The third-order valence-electron chi connectivity index (χ3n) is 7.57. The maximum absolute atomic E-state index is 13.7. The summed E-state index contributed by atoms with van der Waals surface area (Å²) in [5.74, 6) is -3.16. The number of amides is 2. The van der Waals surface area contributed by atoms with Gasteiger partial charge in [-0.3, -0.25) is 9.59 Å². The number of hydrogen-bond donors (Lipinski definition) is 3. The van der Waals surface area contributed by atoms with Crippen LogP contribution in [-0.4, -0.2) is 36.0 Å². The van der Waals surface area contributed by atoms with Crippen LogP contribution >= 0.6 is 0 Å². The molecule has 1 aliphatic rings. The minimum Gasteiger partial charge on any atom is -0.497 e. The van der Waals surface area contributed by atoms with Gasteiger partial charge in [-0.2, -0.15) is 13.2 Å². The first kappa shape index (κ1) is 30.5. The molecule has 1 aliphatic carbocycles. The number of methoxy groups -OCH3 is 1. The molecule has 4 rings (SSSR count). The van der Waals surface area contributed by atoms with Crippen LogP contribution in [0.2, 0.25) is 0 Å². The Balaban J connectivity index is 1.47. The van der Waals surface area contributed by atoms with Gasteiger partial charge in [0.05, 0.1) is 23.7 Å². The second-order valence-electron chi connectivity index (χ2n) is 10.3. The molecule has 3 aromatic carbocycles. The molecule has 1 saturated carbocycles. The Bertz CT molecular complexity index is 1430. The number of ether oxygens (including phenoxy) is 1. The molecule has 0 spiro atoms. The number of carbonyl (C=O) groups excluding carboxylic acids is 2. The number of benzene rings is 3. The first-order valence-corrected chi connectivity index (χ1v) is 13.4. The molecule has 1 fully saturated rings. The molecule has 222 valence electrons. The maximum Gasteiger partial charge on any atom is 0.417 e. The highest BCUT2D eigenvalue weighted by Crippen LogP contribution is 2.40. The molecule has 7 nitrogen and oxygen atoms in total. The van der Waals surface area contributed by atoms with Crippen molar-refractivity contribution in [2.45, 2.75) is 56.2 Å². The van der Waals surface area contributed by atoms with Gasteiger partial charge >= 0.3 is 12.1 Å². The fourth-order valence-electron chi connectivity index (χ4n) is 5.32. The number of aliphatic carboxylic acids is 1. The molecule has 0 bridgehead atoms. The number of carboxylic acid groups (broad SMARTS) is 1. The van der Waals surface area contributed by atoms with Crippen LogP contribution < -0.4 is 15.4 Å². The molecule has 0 saturated heterocycles. The average molecular weight is 587 g/mol. The van der Waals surface area contributed by atoms with Crippen LogP contribution in [0, 0.1) is 5.82 Å². The third-order valence-corrected chi connectivity index (χ3v) is 7.57. The zero-order valence-corrected chi connectivity index (χ0v) is 22.8. The van der Waals surface area contributed by atoms with E-state index in [2.05, 4.69) is 10.6 Å². The van der Waals surface area contributed by atoms with Crippen LogP contribution in [-0.2, 0) is 27.6 Å². The Morgan fingerprint density at radius 1 is 0.952 bits per heavy atom. The molecule has 0 heterocycles. The number of carboxylic acids is 1. The first-order chi connectivity index (χ1) is 19.9. The van der Waals surface area contributed by atoms with Crippen molar-refractivity contribution < 1.29 is 41.8 Å². The molecular weight excluding hydrogens is 556 g/mol. The van der Waals surface area contributed by atoms with Gasteiger partial charge in [0.1, 0.15) is 17.6 Å². The summed E-state index contributed by atoms with van der Waals surface area (Å²) < 4.78 is 58.5. The van der Waals surface area contributed by atoms with Crippen LogP contribution in [0.25, 0.3) is 0 Å². The third kappa shape index (κ3) is 6.89. The van der Waals surface area contributed by atoms with Crippen LogP contribution in [0.5, 0.6) is 5.75 Å². The number of halogens is 4. The first-order valence-electron chi connectivity index (χ1n) is 13.4. The Kier molecular flexibility index (Phi) is 9.18. The van der Waals surface area contributed by atoms with E-state index in [1.165, 1.54) is 24.3 Å². The lowest BCUT2D eigenvalue weighted by Crippen LogP contribution is -2.52. The highest BCUT2D eigenvalue weighted by molar-refractivity contribution is 6.05. The Morgan fingerprint density at radius 3 is 2.17 bits per heavy atom. The van der Waals surface area contributed by atoms with Gasteiger partial charge in [0.2, 0.25) is 5.91 Å². The molecule has 11 heteroatoms. The molecule has 3 N–H and O–H groups in total. The van der Waals surface area contributed by atoms with Crippen LogP contribution in [0.1, 0.15) is 59.2 Å². The molecule has 1 atom stereocenters. The molecule has 2 amide bonds. The smallest absolute Gasteiger partial charge is 0.417 e. The van der Waals surface area contributed by atoms with Crippen molar-refractivity contribution in [3.63, 3.8) is 0 Å². The molecule has 0 radical (unpaired) electrons. The summed E-state index contributed by atoms with van der Waals surface area (Å²) in [7, 11) is 1.55. The zero-order valence-electron chi connectivity index (χ0n) is 22.8. The number of nitrogens with one attached hydrogen (secondary N) is 2. The Labute approximate surface area is 239 Å². The lowest BCUT2D eigenvalue weighted by atomic mass is 9.68. The molecule has 0 aliphatic heterocycles. The summed E-state index contributed by atoms with van der Waals surface area (Å²) in [6.07, 6.45) is -1.21. The topological polar surface area (TPSA) is 105 Å². The van der Waals surface area contributed by atoms with E-state index in [0.717, 1.165) is 37.0 Å². The van der Waals surface area contributed by atoms with E-state index >= 15 is 0 Å². The summed E-state index contributed by atoms with van der Waals surface area (Å²) in [6, 6.07) is 13.6. The normalized spacial score (nSPS) is 15.4. The molecule has 0 aromatic heterocycles. The molecular formula is C31H30F4N2O5. The molecule has 42 heavy (non-hydrogen) atoms. The number of anilines is 1. The van der Waals surface area contributed by atoms with Crippen molar-refractivity contribution in [3.8, 4) is 5.75 Å². The van der Waals surface area contributed by atoms with Crippen molar-refractivity contribution in [3.05, 3.63) is 94.8 Å². The summed E-state index contributed by atoms with van der Waals surface area (Å²) in [5.41, 5.74) is -1.56. The average Bonchev–Trinajstić information content (AvgIpc) is 2.97. The van der Waals surface area contributed by atoms with E-state index < -0.39 is 46.5 Å². The van der Waals surface area contributed by atoms with E-state index in [4.69, 9.17) is 4.74 Å². The lowest BCUT2D eigenvalue weighted by molar-refractivity contribution is -0.143. The largest absolute Gasteiger partial charge is 0.497 e. The molecule has 3 aromatic rings. The fourth-order valence-corrected chi connectivity index (χ4v) is 5.32. The van der Waals surface area contributed by atoms with E-state index in [1.54, 1.807) is 19.2 Å². The Hall–Kier alpha value is -4.41. The van der Waals surface area contributed by atoms with E-state index in [-0.39, 0.29) is 24.1 Å². The van der Waals surface area contributed by atoms with Crippen molar-refractivity contribution in [2.24, 2.45) is 0 Å². The quantitative estimate of drug-likeness (QED) is 0.262.